The summed E-state index contributed by atoms with van der Waals surface area (Å²) in [6.07, 6.45) is 0.986. The van der Waals surface area contributed by atoms with Crippen molar-refractivity contribution in [1.29, 1.82) is 0 Å². The van der Waals surface area contributed by atoms with Crippen LogP contribution in [0.25, 0.3) is 0 Å². The van der Waals surface area contributed by atoms with Crippen LogP contribution in [-0.4, -0.2) is 40.0 Å². The minimum absolute atomic E-state index is 0.162. The monoisotopic (exact) mass is 362 g/mol. The third-order valence-corrected chi connectivity index (χ3v) is 5.73. The van der Waals surface area contributed by atoms with E-state index in [0.717, 1.165) is 10.6 Å². The first-order chi connectivity index (χ1) is 11.8. The smallest absolute Gasteiger partial charge is 0.311 e. The van der Waals surface area contributed by atoms with Crippen molar-refractivity contribution in [3.8, 4) is 0 Å². The Hall–Kier alpha value is -2.28. The number of aromatic nitrogens is 1. The molecular weight excluding hydrogens is 343 g/mol. The van der Waals surface area contributed by atoms with Gasteiger partial charge in [-0.15, -0.1) is 11.3 Å². The van der Waals surface area contributed by atoms with Crippen molar-refractivity contribution >= 4 is 23.2 Å². The SMILES string of the molecule is Cc1nc(Cc2ccc(F)cc2)sc1C(=O)N1CC[C@](C)(C(=O)O)C1. The molecule has 1 aliphatic rings. The number of carbonyl (C=O) groups is 2. The summed E-state index contributed by atoms with van der Waals surface area (Å²) in [5.74, 6) is -1.32. The number of carbonyl (C=O) groups excluding carboxylic acids is 1. The summed E-state index contributed by atoms with van der Waals surface area (Å²) < 4.78 is 13.0. The number of carboxylic acid groups (broad SMARTS) is 1. The van der Waals surface area contributed by atoms with Crippen LogP contribution < -0.4 is 0 Å². The van der Waals surface area contributed by atoms with Crippen molar-refractivity contribution in [3.63, 3.8) is 0 Å². The lowest BCUT2D eigenvalue weighted by Crippen LogP contribution is -2.34. The van der Waals surface area contributed by atoms with Crippen molar-refractivity contribution < 1.29 is 19.1 Å². The van der Waals surface area contributed by atoms with E-state index in [1.165, 1.54) is 23.5 Å². The van der Waals surface area contributed by atoms with E-state index in [4.69, 9.17) is 0 Å². The van der Waals surface area contributed by atoms with Gasteiger partial charge in [0.1, 0.15) is 10.7 Å². The minimum Gasteiger partial charge on any atom is -0.481 e. The fraction of sp³-hybridized carbons (Fsp3) is 0.389. The Balaban J connectivity index is 1.75. The van der Waals surface area contributed by atoms with Gasteiger partial charge in [-0.2, -0.15) is 0 Å². The summed E-state index contributed by atoms with van der Waals surface area (Å²) in [5.41, 5.74) is 0.690. The lowest BCUT2D eigenvalue weighted by atomic mass is 9.90. The summed E-state index contributed by atoms with van der Waals surface area (Å²) >= 11 is 1.32. The lowest BCUT2D eigenvalue weighted by Gasteiger charge is -2.19. The maximum Gasteiger partial charge on any atom is 0.311 e. The summed E-state index contributed by atoms with van der Waals surface area (Å²) in [6, 6.07) is 6.20. The molecule has 1 aromatic heterocycles. The number of thiazole rings is 1. The molecule has 1 aliphatic heterocycles. The van der Waals surface area contributed by atoms with E-state index in [2.05, 4.69) is 4.98 Å². The van der Waals surface area contributed by atoms with Crippen molar-refractivity contribution in [2.75, 3.05) is 13.1 Å². The third kappa shape index (κ3) is 3.56. The Morgan fingerprint density at radius 2 is 2.04 bits per heavy atom. The molecule has 3 rings (SSSR count). The average molecular weight is 362 g/mol. The van der Waals surface area contributed by atoms with Gasteiger partial charge in [-0.25, -0.2) is 9.37 Å². The van der Waals surface area contributed by atoms with Crippen LogP contribution in [-0.2, 0) is 11.2 Å². The van der Waals surface area contributed by atoms with Crippen LogP contribution in [0.5, 0.6) is 0 Å². The molecular formula is C18H19FN2O3S. The van der Waals surface area contributed by atoms with Crippen LogP contribution in [0, 0.1) is 18.2 Å². The first-order valence-electron chi connectivity index (χ1n) is 8.02. The standard InChI is InChI=1S/C18H19FN2O3S/c1-11-15(16(22)21-8-7-18(2,10-21)17(23)24)25-14(20-11)9-12-3-5-13(19)6-4-12/h3-6H,7-10H2,1-2H3,(H,23,24)/t18-/m0/s1. The fourth-order valence-corrected chi connectivity index (χ4v) is 4.02. The van der Waals surface area contributed by atoms with Gasteiger partial charge in [-0.3, -0.25) is 9.59 Å². The van der Waals surface area contributed by atoms with E-state index in [0.29, 0.717) is 30.0 Å². The molecule has 0 unspecified atom stereocenters. The Labute approximate surface area is 149 Å². The maximum absolute atomic E-state index is 13.0. The molecule has 1 aromatic carbocycles. The van der Waals surface area contributed by atoms with Crippen molar-refractivity contribution in [3.05, 3.63) is 51.2 Å². The molecule has 1 fully saturated rings. The van der Waals surface area contributed by atoms with Gasteiger partial charge in [-0.1, -0.05) is 12.1 Å². The van der Waals surface area contributed by atoms with Crippen molar-refractivity contribution in [1.82, 2.24) is 9.88 Å². The van der Waals surface area contributed by atoms with Gasteiger partial charge in [0.05, 0.1) is 16.1 Å². The molecule has 1 amide bonds. The molecule has 7 heteroatoms. The number of aryl methyl sites for hydroxylation is 1. The molecule has 2 heterocycles. The first kappa shape index (κ1) is 17.5. The molecule has 25 heavy (non-hydrogen) atoms. The molecule has 0 bridgehead atoms. The van der Waals surface area contributed by atoms with E-state index in [-0.39, 0.29) is 18.3 Å². The number of aliphatic carboxylic acids is 1. The highest BCUT2D eigenvalue weighted by Crippen LogP contribution is 2.32. The number of amides is 1. The highest BCUT2D eigenvalue weighted by Gasteiger charge is 2.42. The van der Waals surface area contributed by atoms with Gasteiger partial charge in [0.2, 0.25) is 0 Å². The largest absolute Gasteiger partial charge is 0.481 e. The minimum atomic E-state index is -0.884. The quantitative estimate of drug-likeness (QED) is 0.907. The molecule has 0 radical (unpaired) electrons. The molecule has 1 N–H and O–H groups in total. The summed E-state index contributed by atoms with van der Waals surface area (Å²) in [5, 5.41) is 10.1. The molecule has 1 saturated heterocycles. The predicted octanol–water partition coefficient (Wildman–Crippen LogP) is 3.12. The normalized spacial score (nSPS) is 20.0. The Morgan fingerprint density at radius 1 is 1.36 bits per heavy atom. The average Bonchev–Trinajstić information content (AvgIpc) is 3.13. The second kappa shape index (κ2) is 6.55. The molecule has 5 nitrogen and oxygen atoms in total. The topological polar surface area (TPSA) is 70.5 Å². The van der Waals surface area contributed by atoms with Gasteiger partial charge in [0.25, 0.3) is 5.91 Å². The zero-order valence-electron chi connectivity index (χ0n) is 14.1. The van der Waals surface area contributed by atoms with E-state index in [1.807, 2.05) is 0 Å². The first-order valence-corrected chi connectivity index (χ1v) is 8.83. The number of hydrogen-bond acceptors (Lipinski definition) is 4. The molecule has 132 valence electrons. The predicted molar refractivity (Wildman–Crippen MR) is 92.3 cm³/mol. The molecule has 2 aromatic rings. The van der Waals surface area contributed by atoms with Crippen molar-refractivity contribution in [2.24, 2.45) is 5.41 Å². The van der Waals surface area contributed by atoms with Crippen LogP contribution in [0.15, 0.2) is 24.3 Å². The van der Waals surface area contributed by atoms with Gasteiger partial charge >= 0.3 is 5.97 Å². The van der Waals surface area contributed by atoms with Crippen LogP contribution in [0.3, 0.4) is 0 Å². The molecule has 0 aliphatic carbocycles. The summed E-state index contributed by atoms with van der Waals surface area (Å²) in [6.45, 7) is 4.10. The zero-order valence-corrected chi connectivity index (χ0v) is 14.9. The van der Waals surface area contributed by atoms with Crippen LogP contribution in [0.4, 0.5) is 4.39 Å². The Bertz CT molecular complexity index is 818. The second-order valence-corrected chi connectivity index (χ2v) is 7.75. The summed E-state index contributed by atoms with van der Waals surface area (Å²) in [4.78, 5) is 30.7. The van der Waals surface area contributed by atoms with Crippen LogP contribution in [0.2, 0.25) is 0 Å². The third-order valence-electron chi connectivity index (χ3n) is 4.58. The summed E-state index contributed by atoms with van der Waals surface area (Å²) in [7, 11) is 0. The number of benzene rings is 1. The van der Waals surface area contributed by atoms with E-state index >= 15 is 0 Å². The molecule has 1 atom stereocenters. The van der Waals surface area contributed by atoms with Gasteiger partial charge in [0.15, 0.2) is 0 Å². The highest BCUT2D eigenvalue weighted by atomic mass is 32.1. The van der Waals surface area contributed by atoms with Crippen LogP contribution in [0.1, 0.15) is 39.3 Å². The Kier molecular flexibility index (Phi) is 4.60. The number of halogens is 1. The van der Waals surface area contributed by atoms with Gasteiger partial charge in [0, 0.05) is 19.5 Å². The fourth-order valence-electron chi connectivity index (χ4n) is 2.96. The number of likely N-dealkylation sites (tertiary alicyclic amines) is 1. The zero-order chi connectivity index (χ0) is 18.2. The number of rotatable bonds is 4. The van der Waals surface area contributed by atoms with E-state index < -0.39 is 11.4 Å². The maximum atomic E-state index is 13.0. The molecule has 0 spiro atoms. The van der Waals surface area contributed by atoms with Gasteiger partial charge < -0.3 is 10.0 Å². The van der Waals surface area contributed by atoms with E-state index in [1.54, 1.807) is 30.9 Å². The number of nitrogens with zero attached hydrogens (tertiary/aromatic N) is 2. The number of hydrogen-bond donors (Lipinski definition) is 1. The van der Waals surface area contributed by atoms with Crippen LogP contribution >= 0.6 is 11.3 Å². The Morgan fingerprint density at radius 3 is 2.64 bits per heavy atom. The van der Waals surface area contributed by atoms with E-state index in [9.17, 15) is 19.1 Å². The molecule has 0 saturated carbocycles. The number of carboxylic acids is 1. The second-order valence-electron chi connectivity index (χ2n) is 6.67. The van der Waals surface area contributed by atoms with Gasteiger partial charge in [-0.05, 0) is 38.0 Å². The lowest BCUT2D eigenvalue weighted by molar-refractivity contribution is -0.147. The van der Waals surface area contributed by atoms with Crippen molar-refractivity contribution in [2.45, 2.75) is 26.7 Å². The highest BCUT2D eigenvalue weighted by molar-refractivity contribution is 7.13.